The predicted octanol–water partition coefficient (Wildman–Crippen LogP) is 14.0. The molecular formula is C52H33N3O2. The second-order valence-corrected chi connectivity index (χ2v) is 14.5. The summed E-state index contributed by atoms with van der Waals surface area (Å²) in [5.74, 6) is 0.638. The summed E-state index contributed by atoms with van der Waals surface area (Å²) in [5, 5.41) is 4.34. The van der Waals surface area contributed by atoms with Crippen LogP contribution in [0.25, 0.3) is 111 Å². The molecule has 0 radical (unpaired) electrons. The molecule has 0 spiro atoms. The van der Waals surface area contributed by atoms with E-state index in [0.29, 0.717) is 5.82 Å². The summed E-state index contributed by atoms with van der Waals surface area (Å²) < 4.78 is 12.5. The van der Waals surface area contributed by atoms with Crippen LogP contribution in [0.5, 0.6) is 0 Å². The Labute approximate surface area is 328 Å². The van der Waals surface area contributed by atoms with Crippen LogP contribution in [-0.4, -0.2) is 15.0 Å². The van der Waals surface area contributed by atoms with Gasteiger partial charge in [0.25, 0.3) is 0 Å². The van der Waals surface area contributed by atoms with Crippen LogP contribution < -0.4 is 0 Å². The van der Waals surface area contributed by atoms with Crippen molar-refractivity contribution in [2.24, 2.45) is 0 Å². The Morgan fingerprint density at radius 3 is 1.51 bits per heavy atom. The highest BCUT2D eigenvalue weighted by Crippen LogP contribution is 2.40. The van der Waals surface area contributed by atoms with Crippen molar-refractivity contribution in [3.63, 3.8) is 0 Å². The summed E-state index contributed by atoms with van der Waals surface area (Å²) >= 11 is 0. The van der Waals surface area contributed by atoms with Crippen molar-refractivity contribution < 1.29 is 8.83 Å². The maximum atomic E-state index is 6.23. The number of hydrogen-bond acceptors (Lipinski definition) is 5. The minimum Gasteiger partial charge on any atom is -0.456 e. The normalized spacial score (nSPS) is 11.6. The van der Waals surface area contributed by atoms with Crippen LogP contribution >= 0.6 is 0 Å². The van der Waals surface area contributed by atoms with Crippen molar-refractivity contribution in [1.29, 1.82) is 0 Å². The number of nitrogens with zero attached hydrogens (tertiary/aromatic N) is 3. The molecule has 5 nitrogen and oxygen atoms in total. The number of rotatable bonds is 6. The second-order valence-electron chi connectivity index (χ2n) is 14.5. The molecule has 4 aromatic heterocycles. The van der Waals surface area contributed by atoms with Crippen LogP contribution in [0.4, 0.5) is 0 Å². The Bertz CT molecular complexity index is 3190. The highest BCUT2D eigenvalue weighted by atomic mass is 16.3. The van der Waals surface area contributed by atoms with E-state index in [2.05, 4.69) is 151 Å². The topological polar surface area (TPSA) is 65.0 Å². The van der Waals surface area contributed by atoms with Gasteiger partial charge in [-0.1, -0.05) is 103 Å². The van der Waals surface area contributed by atoms with Crippen molar-refractivity contribution >= 4 is 43.9 Å². The Morgan fingerprint density at radius 1 is 0.368 bits per heavy atom. The highest BCUT2D eigenvalue weighted by Gasteiger charge is 2.18. The SMILES string of the molecule is Cc1ccccc1-c1cc(-c2ccccc2-c2cccnc2)nc(-c2cc(-c3ccc4oc5ccccc5c4c3)cc(-c3ccc4oc5ccccc5c4c3)c2)n1. The van der Waals surface area contributed by atoms with Crippen molar-refractivity contribution in [1.82, 2.24) is 15.0 Å². The Kier molecular flexibility index (Phi) is 7.64. The molecule has 0 fully saturated rings. The molecule has 5 heteroatoms. The van der Waals surface area contributed by atoms with Gasteiger partial charge in [0.15, 0.2) is 5.82 Å². The molecule has 0 saturated carbocycles. The molecule has 0 unspecified atom stereocenters. The minimum absolute atomic E-state index is 0.638. The number of benzene rings is 7. The van der Waals surface area contributed by atoms with E-state index < -0.39 is 0 Å². The lowest BCUT2D eigenvalue weighted by atomic mass is 9.93. The van der Waals surface area contributed by atoms with Gasteiger partial charge in [-0.3, -0.25) is 4.98 Å². The number of hydrogen-bond donors (Lipinski definition) is 0. The van der Waals surface area contributed by atoms with Gasteiger partial charge in [-0.15, -0.1) is 0 Å². The predicted molar refractivity (Wildman–Crippen MR) is 232 cm³/mol. The van der Waals surface area contributed by atoms with E-state index in [-0.39, 0.29) is 0 Å². The van der Waals surface area contributed by atoms with Crippen LogP contribution in [0.1, 0.15) is 5.56 Å². The van der Waals surface area contributed by atoms with Gasteiger partial charge in [0, 0.05) is 56.2 Å². The molecule has 0 aliphatic heterocycles. The smallest absolute Gasteiger partial charge is 0.160 e. The number of aryl methyl sites for hydroxylation is 1. The number of fused-ring (bicyclic) bond motifs is 6. The number of pyridine rings is 1. The molecule has 0 amide bonds. The minimum atomic E-state index is 0.638. The average molecular weight is 732 g/mol. The first kappa shape index (κ1) is 32.8. The molecule has 11 rings (SSSR count). The Morgan fingerprint density at radius 2 is 0.895 bits per heavy atom. The number of para-hydroxylation sites is 2. The van der Waals surface area contributed by atoms with Gasteiger partial charge < -0.3 is 8.83 Å². The van der Waals surface area contributed by atoms with E-state index in [9.17, 15) is 0 Å². The van der Waals surface area contributed by atoms with E-state index in [1.165, 1.54) is 0 Å². The zero-order valence-corrected chi connectivity index (χ0v) is 31.0. The van der Waals surface area contributed by atoms with Crippen molar-refractivity contribution in [3.05, 3.63) is 188 Å². The largest absolute Gasteiger partial charge is 0.456 e. The molecule has 0 atom stereocenters. The fraction of sp³-hybridized carbons (Fsp3) is 0.0192. The average Bonchev–Trinajstić information content (AvgIpc) is 3.84. The van der Waals surface area contributed by atoms with Gasteiger partial charge in [-0.25, -0.2) is 9.97 Å². The standard InChI is InChI=1S/C52H33N3O2/c1-32-11-2-3-13-39(32)46-30-47(41-15-5-4-14-40(41)35-12-10-24-53-31-35)55-52(54-46)38-26-36(33-20-22-50-44(28-33)42-16-6-8-18-48(42)56-50)25-37(27-38)34-21-23-51-45(29-34)43-17-7-9-19-49(43)57-51/h2-31H,1H3. The van der Waals surface area contributed by atoms with Gasteiger partial charge in [0.05, 0.1) is 11.4 Å². The third-order valence-electron chi connectivity index (χ3n) is 10.9. The first-order chi connectivity index (χ1) is 28.1. The first-order valence-corrected chi connectivity index (χ1v) is 19.1. The third-order valence-corrected chi connectivity index (χ3v) is 10.9. The zero-order chi connectivity index (χ0) is 37.9. The van der Waals surface area contributed by atoms with Gasteiger partial charge in [0.2, 0.25) is 0 Å². The van der Waals surface area contributed by atoms with E-state index in [4.69, 9.17) is 18.8 Å². The molecular weight excluding hydrogens is 699 g/mol. The molecule has 4 heterocycles. The van der Waals surface area contributed by atoms with Gasteiger partial charge >= 0.3 is 0 Å². The first-order valence-electron chi connectivity index (χ1n) is 19.1. The molecule has 0 bridgehead atoms. The second kappa shape index (κ2) is 13.3. The Balaban J connectivity index is 1.16. The summed E-state index contributed by atoms with van der Waals surface area (Å²) in [7, 11) is 0. The maximum Gasteiger partial charge on any atom is 0.160 e. The molecule has 0 saturated heterocycles. The van der Waals surface area contributed by atoms with Crippen LogP contribution in [0.2, 0.25) is 0 Å². The summed E-state index contributed by atoms with van der Waals surface area (Å²) in [6, 6.07) is 58.9. The maximum absolute atomic E-state index is 6.23. The lowest BCUT2D eigenvalue weighted by Gasteiger charge is -2.15. The lowest BCUT2D eigenvalue weighted by molar-refractivity contribution is 0.668. The highest BCUT2D eigenvalue weighted by molar-refractivity contribution is 6.07. The lowest BCUT2D eigenvalue weighted by Crippen LogP contribution is -1.98. The number of furan rings is 2. The summed E-state index contributed by atoms with van der Waals surface area (Å²) in [6.07, 6.45) is 3.70. The van der Waals surface area contributed by atoms with Gasteiger partial charge in [0.1, 0.15) is 22.3 Å². The van der Waals surface area contributed by atoms with Crippen LogP contribution in [0.3, 0.4) is 0 Å². The number of aromatic nitrogens is 3. The molecule has 268 valence electrons. The van der Waals surface area contributed by atoms with Gasteiger partial charge in [-0.2, -0.15) is 0 Å². The van der Waals surface area contributed by atoms with Gasteiger partial charge in [-0.05, 0) is 107 Å². The van der Waals surface area contributed by atoms with E-state index in [0.717, 1.165) is 111 Å². The van der Waals surface area contributed by atoms with Crippen LogP contribution in [0, 0.1) is 6.92 Å². The quantitative estimate of drug-likeness (QED) is 0.170. The van der Waals surface area contributed by atoms with Crippen molar-refractivity contribution in [2.45, 2.75) is 6.92 Å². The van der Waals surface area contributed by atoms with E-state index >= 15 is 0 Å². The fourth-order valence-electron chi connectivity index (χ4n) is 8.09. The monoisotopic (exact) mass is 731 g/mol. The molecule has 57 heavy (non-hydrogen) atoms. The fourth-order valence-corrected chi connectivity index (χ4v) is 8.09. The molecule has 0 N–H and O–H groups in total. The van der Waals surface area contributed by atoms with Crippen molar-refractivity contribution in [2.75, 3.05) is 0 Å². The van der Waals surface area contributed by atoms with E-state index in [1.807, 2.05) is 36.5 Å². The summed E-state index contributed by atoms with van der Waals surface area (Å²) in [6.45, 7) is 2.13. The van der Waals surface area contributed by atoms with Crippen LogP contribution in [0.15, 0.2) is 191 Å². The third kappa shape index (κ3) is 5.76. The molecule has 11 aromatic rings. The van der Waals surface area contributed by atoms with Crippen molar-refractivity contribution in [3.8, 4) is 67.3 Å². The molecule has 7 aromatic carbocycles. The molecule has 0 aliphatic carbocycles. The summed E-state index contributed by atoms with van der Waals surface area (Å²) in [4.78, 5) is 15.2. The zero-order valence-electron chi connectivity index (χ0n) is 31.0. The van der Waals surface area contributed by atoms with E-state index in [1.54, 1.807) is 6.20 Å². The summed E-state index contributed by atoms with van der Waals surface area (Å²) in [5.41, 5.74) is 15.6. The Hall–Kier alpha value is -7.63. The molecule has 0 aliphatic rings. The van der Waals surface area contributed by atoms with Crippen LogP contribution in [-0.2, 0) is 0 Å².